The highest BCUT2D eigenvalue weighted by molar-refractivity contribution is 9.11. The van der Waals surface area contributed by atoms with Crippen molar-refractivity contribution in [2.24, 2.45) is 0 Å². The number of pyridine rings is 1. The zero-order chi connectivity index (χ0) is 17.0. The second-order valence-corrected chi connectivity index (χ2v) is 7.15. The highest BCUT2D eigenvalue weighted by Gasteiger charge is 2.42. The van der Waals surface area contributed by atoms with Crippen LogP contribution in [-0.2, 0) is 0 Å². The van der Waals surface area contributed by atoms with E-state index in [1.165, 1.54) is 0 Å². The SMILES string of the molecule is O=C1c2ccccc2C(=O)C1c1nc2cccc(Br)c2c(Br)c1O. The standard InChI is InChI=1S/C18H9Br2NO3/c19-10-6-3-7-11-12(10)14(20)18(24)15(21-11)13-16(22)8-4-1-2-5-9(8)17(13)23/h1-7,13,24H. The van der Waals surface area contributed by atoms with Crippen molar-refractivity contribution in [1.29, 1.82) is 0 Å². The first-order valence-electron chi connectivity index (χ1n) is 7.14. The molecule has 0 fully saturated rings. The van der Waals surface area contributed by atoms with E-state index in [0.717, 1.165) is 4.47 Å². The third kappa shape index (κ3) is 2.06. The molecule has 3 aromatic rings. The number of fused-ring (bicyclic) bond motifs is 2. The fourth-order valence-electron chi connectivity index (χ4n) is 3.03. The quantitative estimate of drug-likeness (QED) is 0.553. The van der Waals surface area contributed by atoms with Crippen molar-refractivity contribution >= 4 is 54.3 Å². The van der Waals surface area contributed by atoms with Crippen LogP contribution in [0.4, 0.5) is 0 Å². The molecule has 118 valence electrons. The summed E-state index contributed by atoms with van der Waals surface area (Å²) in [4.78, 5) is 29.8. The van der Waals surface area contributed by atoms with Gasteiger partial charge in [-0.15, -0.1) is 0 Å². The zero-order valence-corrected chi connectivity index (χ0v) is 15.3. The van der Waals surface area contributed by atoms with Gasteiger partial charge in [-0.2, -0.15) is 0 Å². The molecular formula is C18H9Br2NO3. The summed E-state index contributed by atoms with van der Waals surface area (Å²) in [6.45, 7) is 0. The molecule has 0 spiro atoms. The number of hydrogen-bond acceptors (Lipinski definition) is 4. The third-order valence-electron chi connectivity index (χ3n) is 4.16. The van der Waals surface area contributed by atoms with Gasteiger partial charge in [-0.05, 0) is 28.1 Å². The number of hydrogen-bond donors (Lipinski definition) is 1. The Bertz CT molecular complexity index is 1010. The maximum absolute atomic E-state index is 12.7. The fourth-order valence-corrected chi connectivity index (χ4v) is 4.47. The van der Waals surface area contributed by atoms with Gasteiger partial charge in [0.05, 0.1) is 9.99 Å². The van der Waals surface area contributed by atoms with Gasteiger partial charge in [-0.1, -0.05) is 46.3 Å². The Morgan fingerprint density at radius 3 is 2.17 bits per heavy atom. The van der Waals surface area contributed by atoms with E-state index in [1.54, 1.807) is 36.4 Å². The first kappa shape index (κ1) is 15.5. The molecule has 0 aliphatic heterocycles. The van der Waals surface area contributed by atoms with Crippen LogP contribution in [0, 0.1) is 0 Å². The number of Topliss-reactive ketones (excluding diaryl/α,β-unsaturated/α-hetero) is 2. The van der Waals surface area contributed by atoms with Gasteiger partial charge >= 0.3 is 0 Å². The Kier molecular flexibility index (Phi) is 3.54. The largest absolute Gasteiger partial charge is 0.505 e. The van der Waals surface area contributed by atoms with Crippen LogP contribution in [0.25, 0.3) is 10.9 Å². The van der Waals surface area contributed by atoms with Crippen LogP contribution >= 0.6 is 31.9 Å². The van der Waals surface area contributed by atoms with Crippen molar-refractivity contribution in [3.8, 4) is 5.75 Å². The van der Waals surface area contributed by atoms with Gasteiger partial charge in [0.15, 0.2) is 17.3 Å². The van der Waals surface area contributed by atoms with E-state index in [9.17, 15) is 14.7 Å². The van der Waals surface area contributed by atoms with Crippen molar-refractivity contribution in [2.75, 3.05) is 0 Å². The summed E-state index contributed by atoms with van der Waals surface area (Å²) in [5.41, 5.74) is 1.41. The Morgan fingerprint density at radius 2 is 1.54 bits per heavy atom. The van der Waals surface area contributed by atoms with Crippen molar-refractivity contribution in [3.63, 3.8) is 0 Å². The topological polar surface area (TPSA) is 67.3 Å². The first-order valence-corrected chi connectivity index (χ1v) is 8.73. The highest BCUT2D eigenvalue weighted by Crippen LogP contribution is 2.43. The maximum Gasteiger partial charge on any atom is 0.180 e. The molecule has 0 saturated heterocycles. The molecule has 0 saturated carbocycles. The molecule has 4 rings (SSSR count). The summed E-state index contributed by atoms with van der Waals surface area (Å²) in [7, 11) is 0. The van der Waals surface area contributed by atoms with Crippen LogP contribution in [0.2, 0.25) is 0 Å². The van der Waals surface area contributed by atoms with Crippen LogP contribution in [0.15, 0.2) is 51.4 Å². The van der Waals surface area contributed by atoms with E-state index in [1.807, 2.05) is 6.07 Å². The molecule has 1 aromatic heterocycles. The minimum atomic E-state index is -1.11. The van der Waals surface area contributed by atoms with Gasteiger partial charge < -0.3 is 5.11 Å². The molecule has 1 aliphatic rings. The van der Waals surface area contributed by atoms with Crippen LogP contribution < -0.4 is 0 Å². The lowest BCUT2D eigenvalue weighted by atomic mass is 9.97. The molecule has 2 aromatic carbocycles. The number of aromatic nitrogens is 1. The summed E-state index contributed by atoms with van der Waals surface area (Å²) in [5.74, 6) is -1.96. The molecule has 0 amide bonds. The Morgan fingerprint density at radius 1 is 0.917 bits per heavy atom. The Balaban J connectivity index is 1.97. The molecule has 0 bridgehead atoms. The summed E-state index contributed by atoms with van der Waals surface area (Å²) in [5, 5.41) is 11.2. The van der Waals surface area contributed by atoms with Gasteiger partial charge in [-0.3, -0.25) is 9.59 Å². The summed E-state index contributed by atoms with van der Waals surface area (Å²) in [6, 6.07) is 12.1. The monoisotopic (exact) mass is 445 g/mol. The van der Waals surface area contributed by atoms with Gasteiger partial charge in [0.1, 0.15) is 11.6 Å². The van der Waals surface area contributed by atoms with E-state index in [4.69, 9.17) is 0 Å². The lowest BCUT2D eigenvalue weighted by Gasteiger charge is -2.13. The number of nitrogens with zero attached hydrogens (tertiary/aromatic N) is 1. The molecule has 4 nitrogen and oxygen atoms in total. The average molecular weight is 447 g/mol. The predicted molar refractivity (Wildman–Crippen MR) is 96.7 cm³/mol. The van der Waals surface area contributed by atoms with Gasteiger partial charge in [0.25, 0.3) is 0 Å². The van der Waals surface area contributed by atoms with E-state index in [2.05, 4.69) is 36.8 Å². The highest BCUT2D eigenvalue weighted by atomic mass is 79.9. The number of rotatable bonds is 1. The van der Waals surface area contributed by atoms with Crippen LogP contribution in [0.5, 0.6) is 5.75 Å². The van der Waals surface area contributed by atoms with Crippen molar-refractivity contribution in [3.05, 3.63) is 68.2 Å². The molecule has 1 N–H and O–H groups in total. The minimum absolute atomic E-state index is 0.0821. The normalized spacial score (nSPS) is 14.4. The molecule has 0 radical (unpaired) electrons. The Labute approximate surface area is 153 Å². The fraction of sp³-hybridized carbons (Fsp3) is 0.0556. The lowest BCUT2D eigenvalue weighted by Crippen LogP contribution is -2.15. The second kappa shape index (κ2) is 5.50. The van der Waals surface area contributed by atoms with Crippen molar-refractivity contribution in [1.82, 2.24) is 4.98 Å². The summed E-state index contributed by atoms with van der Waals surface area (Å²) < 4.78 is 1.17. The van der Waals surface area contributed by atoms with Crippen molar-refractivity contribution in [2.45, 2.75) is 5.92 Å². The summed E-state index contributed by atoms with van der Waals surface area (Å²) >= 11 is 6.78. The zero-order valence-electron chi connectivity index (χ0n) is 12.1. The van der Waals surface area contributed by atoms with E-state index < -0.39 is 5.92 Å². The molecule has 1 heterocycles. The smallest absolute Gasteiger partial charge is 0.180 e. The number of halogens is 2. The van der Waals surface area contributed by atoms with Crippen molar-refractivity contribution < 1.29 is 14.7 Å². The van der Waals surface area contributed by atoms with E-state index >= 15 is 0 Å². The number of benzene rings is 2. The van der Waals surface area contributed by atoms with Gasteiger partial charge in [-0.25, -0.2) is 4.98 Å². The first-order chi connectivity index (χ1) is 11.5. The van der Waals surface area contributed by atoms with Gasteiger partial charge in [0, 0.05) is 21.0 Å². The van der Waals surface area contributed by atoms with Crippen LogP contribution in [0.1, 0.15) is 32.3 Å². The summed E-state index contributed by atoms with van der Waals surface area (Å²) in [6.07, 6.45) is 0. The number of ketones is 2. The van der Waals surface area contributed by atoms with Crippen LogP contribution in [0.3, 0.4) is 0 Å². The molecular weight excluding hydrogens is 438 g/mol. The van der Waals surface area contributed by atoms with E-state index in [0.29, 0.717) is 26.5 Å². The minimum Gasteiger partial charge on any atom is -0.505 e. The Hall–Kier alpha value is -2.05. The average Bonchev–Trinajstić information content (AvgIpc) is 2.83. The lowest BCUT2D eigenvalue weighted by molar-refractivity contribution is 0.0886. The molecule has 6 heteroatoms. The van der Waals surface area contributed by atoms with E-state index in [-0.39, 0.29) is 23.0 Å². The van der Waals surface area contributed by atoms with Crippen LogP contribution in [-0.4, -0.2) is 21.7 Å². The number of carbonyl (C=O) groups excluding carboxylic acids is 2. The second-order valence-electron chi connectivity index (χ2n) is 5.50. The number of aromatic hydroxyl groups is 1. The third-order valence-corrected chi connectivity index (χ3v) is 5.59. The molecule has 1 aliphatic carbocycles. The maximum atomic E-state index is 12.7. The van der Waals surface area contributed by atoms with Gasteiger partial charge in [0.2, 0.25) is 0 Å². The molecule has 0 unspecified atom stereocenters. The predicted octanol–water partition coefficient (Wildman–Crippen LogP) is 4.63. The molecule has 24 heavy (non-hydrogen) atoms. The number of carbonyl (C=O) groups is 2. The molecule has 0 atom stereocenters.